The first kappa shape index (κ1) is 12.3. The van der Waals surface area contributed by atoms with Crippen LogP contribution in [0.4, 0.5) is 0 Å². The number of nitrogens with two attached hydrogens (primary N) is 1. The molecule has 0 atom stereocenters. The smallest absolute Gasteiger partial charge is 0.120 e. The fourth-order valence-electron chi connectivity index (χ4n) is 1.33. The van der Waals surface area contributed by atoms with Gasteiger partial charge in [-0.15, -0.1) is 0 Å². The van der Waals surface area contributed by atoms with E-state index in [2.05, 4.69) is 0 Å². The zero-order valence-electron chi connectivity index (χ0n) is 9.73. The van der Waals surface area contributed by atoms with E-state index in [1.54, 1.807) is 0 Å². The molecule has 0 heterocycles. The lowest BCUT2D eigenvalue weighted by atomic mass is 10.1. The van der Waals surface area contributed by atoms with Crippen molar-refractivity contribution >= 4 is 11.6 Å². The van der Waals surface area contributed by atoms with Gasteiger partial charge in [-0.05, 0) is 51.0 Å². The third-order valence-corrected chi connectivity index (χ3v) is 2.89. The van der Waals surface area contributed by atoms with E-state index < -0.39 is 0 Å². The minimum atomic E-state index is -0.341. The molecule has 0 spiro atoms. The summed E-state index contributed by atoms with van der Waals surface area (Å²) in [5, 5.41) is 0.799. The number of hydrogen-bond acceptors (Lipinski definition) is 2. The molecule has 0 unspecified atom stereocenters. The topological polar surface area (TPSA) is 35.2 Å². The number of ether oxygens (including phenoxy) is 1. The van der Waals surface area contributed by atoms with Crippen LogP contribution in [0.15, 0.2) is 12.1 Å². The Kier molecular flexibility index (Phi) is 3.63. The Labute approximate surface area is 96.4 Å². The van der Waals surface area contributed by atoms with Crippen LogP contribution in [0.2, 0.25) is 5.02 Å². The largest absolute Gasteiger partial charge is 0.487 e. The van der Waals surface area contributed by atoms with Crippen LogP contribution >= 0.6 is 11.6 Å². The van der Waals surface area contributed by atoms with Crippen LogP contribution < -0.4 is 10.5 Å². The molecule has 0 aromatic heterocycles. The molecule has 15 heavy (non-hydrogen) atoms. The molecule has 3 heteroatoms. The molecule has 0 amide bonds. The van der Waals surface area contributed by atoms with Crippen LogP contribution in [-0.2, 0) is 0 Å². The molecule has 0 aliphatic rings. The molecule has 1 aromatic rings. The summed E-state index contributed by atoms with van der Waals surface area (Å²) in [6, 6.07) is 3.87. The highest BCUT2D eigenvalue weighted by Crippen LogP contribution is 2.27. The standard InChI is InChI=1S/C12H18ClNO/c1-8-5-10(6-9(2)11(8)13)15-12(3,4)7-14/h5-6H,7,14H2,1-4H3. The summed E-state index contributed by atoms with van der Waals surface area (Å²) in [6.45, 7) is 8.35. The van der Waals surface area contributed by atoms with Crippen molar-refractivity contribution < 1.29 is 4.74 Å². The molecule has 2 nitrogen and oxygen atoms in total. The molecule has 84 valence electrons. The van der Waals surface area contributed by atoms with Crippen LogP contribution in [-0.4, -0.2) is 12.1 Å². The maximum atomic E-state index is 6.07. The fraction of sp³-hybridized carbons (Fsp3) is 0.500. The second kappa shape index (κ2) is 4.42. The van der Waals surface area contributed by atoms with Crippen molar-refractivity contribution in [3.63, 3.8) is 0 Å². The van der Waals surface area contributed by atoms with E-state index >= 15 is 0 Å². The van der Waals surface area contributed by atoms with Gasteiger partial charge in [0.05, 0.1) is 0 Å². The highest BCUT2D eigenvalue weighted by atomic mass is 35.5. The van der Waals surface area contributed by atoms with Gasteiger partial charge < -0.3 is 10.5 Å². The van der Waals surface area contributed by atoms with Gasteiger partial charge in [-0.1, -0.05) is 11.6 Å². The van der Waals surface area contributed by atoms with Crippen molar-refractivity contribution in [1.29, 1.82) is 0 Å². The number of halogens is 1. The van der Waals surface area contributed by atoms with Crippen molar-refractivity contribution in [3.8, 4) is 5.75 Å². The predicted molar refractivity (Wildman–Crippen MR) is 64.7 cm³/mol. The SMILES string of the molecule is Cc1cc(OC(C)(C)CN)cc(C)c1Cl. The predicted octanol–water partition coefficient (Wildman–Crippen LogP) is 3.07. The van der Waals surface area contributed by atoms with E-state index in [1.165, 1.54) is 0 Å². The number of aryl methyl sites for hydroxylation is 2. The summed E-state index contributed by atoms with van der Waals surface area (Å²) in [4.78, 5) is 0. The fourth-order valence-corrected chi connectivity index (χ4v) is 1.43. The summed E-state index contributed by atoms with van der Waals surface area (Å²) in [5.41, 5.74) is 7.32. The van der Waals surface area contributed by atoms with Gasteiger partial charge in [0.2, 0.25) is 0 Å². The minimum Gasteiger partial charge on any atom is -0.487 e. The maximum absolute atomic E-state index is 6.07. The molecule has 0 aliphatic heterocycles. The van der Waals surface area contributed by atoms with Crippen LogP contribution in [0, 0.1) is 13.8 Å². The molecule has 0 radical (unpaired) electrons. The lowest BCUT2D eigenvalue weighted by Gasteiger charge is -2.25. The van der Waals surface area contributed by atoms with Gasteiger partial charge in [0.25, 0.3) is 0 Å². The molecule has 0 saturated carbocycles. The monoisotopic (exact) mass is 227 g/mol. The van der Waals surface area contributed by atoms with E-state index in [0.717, 1.165) is 21.9 Å². The molecule has 0 saturated heterocycles. The van der Waals surface area contributed by atoms with E-state index in [4.69, 9.17) is 22.1 Å². The first-order valence-electron chi connectivity index (χ1n) is 5.01. The summed E-state index contributed by atoms with van der Waals surface area (Å²) >= 11 is 6.07. The highest BCUT2D eigenvalue weighted by molar-refractivity contribution is 6.32. The molecule has 2 N–H and O–H groups in total. The van der Waals surface area contributed by atoms with Gasteiger partial charge in [0.1, 0.15) is 11.4 Å². The Bertz CT molecular complexity index is 338. The molecular weight excluding hydrogens is 210 g/mol. The second-order valence-corrected chi connectivity index (χ2v) is 4.81. The van der Waals surface area contributed by atoms with Crippen LogP contribution in [0.5, 0.6) is 5.75 Å². The second-order valence-electron chi connectivity index (χ2n) is 4.44. The van der Waals surface area contributed by atoms with Crippen molar-refractivity contribution in [2.45, 2.75) is 33.3 Å². The van der Waals surface area contributed by atoms with Crippen molar-refractivity contribution in [2.24, 2.45) is 5.73 Å². The van der Waals surface area contributed by atoms with Gasteiger partial charge in [0, 0.05) is 11.6 Å². The summed E-state index contributed by atoms with van der Waals surface area (Å²) < 4.78 is 5.78. The molecule has 0 aliphatic carbocycles. The molecular formula is C12H18ClNO. The summed E-state index contributed by atoms with van der Waals surface area (Å²) in [7, 11) is 0. The summed E-state index contributed by atoms with van der Waals surface area (Å²) in [6.07, 6.45) is 0. The molecule has 1 aromatic carbocycles. The zero-order valence-corrected chi connectivity index (χ0v) is 10.5. The lowest BCUT2D eigenvalue weighted by molar-refractivity contribution is 0.118. The Morgan fingerprint density at radius 2 is 1.73 bits per heavy atom. The third-order valence-electron chi connectivity index (χ3n) is 2.30. The van der Waals surface area contributed by atoms with E-state index in [0.29, 0.717) is 6.54 Å². The number of rotatable bonds is 3. The minimum absolute atomic E-state index is 0.341. The molecule has 0 fully saturated rings. The Morgan fingerprint density at radius 3 is 2.13 bits per heavy atom. The average Bonchev–Trinajstić information content (AvgIpc) is 2.13. The zero-order chi connectivity index (χ0) is 11.6. The Hall–Kier alpha value is -0.730. The van der Waals surface area contributed by atoms with E-state index in [1.807, 2.05) is 39.8 Å². The van der Waals surface area contributed by atoms with Crippen molar-refractivity contribution in [3.05, 3.63) is 28.3 Å². The van der Waals surface area contributed by atoms with Gasteiger partial charge in [0.15, 0.2) is 0 Å². The molecule has 0 bridgehead atoms. The molecule has 1 rings (SSSR count). The van der Waals surface area contributed by atoms with Gasteiger partial charge in [-0.25, -0.2) is 0 Å². The Morgan fingerprint density at radius 1 is 1.27 bits per heavy atom. The van der Waals surface area contributed by atoms with Gasteiger partial charge in [-0.2, -0.15) is 0 Å². The van der Waals surface area contributed by atoms with Crippen LogP contribution in [0.1, 0.15) is 25.0 Å². The normalized spacial score (nSPS) is 11.6. The summed E-state index contributed by atoms with van der Waals surface area (Å²) in [5.74, 6) is 0.824. The van der Waals surface area contributed by atoms with Crippen LogP contribution in [0.3, 0.4) is 0 Å². The quantitative estimate of drug-likeness (QED) is 0.862. The first-order valence-corrected chi connectivity index (χ1v) is 5.39. The van der Waals surface area contributed by atoms with Gasteiger partial charge in [-0.3, -0.25) is 0 Å². The number of hydrogen-bond donors (Lipinski definition) is 1. The highest BCUT2D eigenvalue weighted by Gasteiger charge is 2.17. The third kappa shape index (κ3) is 3.11. The van der Waals surface area contributed by atoms with Crippen molar-refractivity contribution in [2.75, 3.05) is 6.54 Å². The van der Waals surface area contributed by atoms with Crippen LogP contribution in [0.25, 0.3) is 0 Å². The van der Waals surface area contributed by atoms with Crippen molar-refractivity contribution in [1.82, 2.24) is 0 Å². The van der Waals surface area contributed by atoms with Gasteiger partial charge >= 0.3 is 0 Å². The first-order chi connectivity index (χ1) is 6.85. The Balaban J connectivity index is 2.98. The van der Waals surface area contributed by atoms with E-state index in [9.17, 15) is 0 Å². The number of benzene rings is 1. The average molecular weight is 228 g/mol. The maximum Gasteiger partial charge on any atom is 0.120 e. The lowest BCUT2D eigenvalue weighted by Crippen LogP contribution is -2.37. The van der Waals surface area contributed by atoms with E-state index in [-0.39, 0.29) is 5.60 Å².